The Hall–Kier alpha value is -1.35. The molecule has 0 aromatic heterocycles. The van der Waals surface area contributed by atoms with Gasteiger partial charge in [-0.15, -0.1) is 0 Å². The molecular formula is C14H22NO2+. The summed E-state index contributed by atoms with van der Waals surface area (Å²) in [5, 5.41) is 0. The van der Waals surface area contributed by atoms with E-state index in [1.807, 2.05) is 59.1 Å². The van der Waals surface area contributed by atoms with Crippen molar-refractivity contribution >= 4 is 11.6 Å². The molecule has 0 fully saturated rings. The number of ether oxygens (including phenoxy) is 1. The lowest BCUT2D eigenvalue weighted by Gasteiger charge is -2.25. The van der Waals surface area contributed by atoms with Gasteiger partial charge in [-0.05, 0) is 32.9 Å². The molecular weight excluding hydrogens is 214 g/mol. The van der Waals surface area contributed by atoms with Gasteiger partial charge in [-0.25, -0.2) is 9.28 Å². The van der Waals surface area contributed by atoms with Crippen molar-refractivity contribution in [2.75, 3.05) is 14.1 Å². The summed E-state index contributed by atoms with van der Waals surface area (Å²) in [5.41, 5.74) is 0.755. The predicted molar refractivity (Wildman–Crippen MR) is 71.1 cm³/mol. The summed E-state index contributed by atoms with van der Waals surface area (Å²) < 4.78 is 5.98. The minimum Gasteiger partial charge on any atom is -0.488 e. The number of nitrogens with zero attached hydrogens (tertiary/aromatic N) is 1. The maximum Gasteiger partial charge on any atom is 0.315 e. The number of benzene rings is 1. The van der Waals surface area contributed by atoms with Crippen molar-refractivity contribution in [1.82, 2.24) is 4.48 Å². The molecule has 0 bridgehead atoms. The van der Waals surface area contributed by atoms with E-state index in [1.54, 1.807) is 6.92 Å². The van der Waals surface area contributed by atoms with Crippen LogP contribution < -0.4 is 9.22 Å². The molecule has 0 atom stereocenters. The largest absolute Gasteiger partial charge is 0.488 e. The molecule has 0 aliphatic rings. The lowest BCUT2D eigenvalue weighted by Crippen LogP contribution is -2.44. The van der Waals surface area contributed by atoms with Crippen molar-refractivity contribution in [3.63, 3.8) is 0 Å². The van der Waals surface area contributed by atoms with Gasteiger partial charge in [0.15, 0.2) is 0 Å². The number of carbonyl (C=O) groups is 1. The second-order valence-corrected chi connectivity index (χ2v) is 5.68. The summed E-state index contributed by atoms with van der Waals surface area (Å²) in [5.74, 6) is 0.930. The average molecular weight is 236 g/mol. The highest BCUT2D eigenvalue weighted by molar-refractivity contribution is 5.85. The topological polar surface area (TPSA) is 26.3 Å². The van der Waals surface area contributed by atoms with Gasteiger partial charge < -0.3 is 4.74 Å². The number of quaternary nitrogens is 1. The summed E-state index contributed by atoms with van der Waals surface area (Å²) in [6, 6.07) is 7.68. The van der Waals surface area contributed by atoms with Crippen molar-refractivity contribution in [3.05, 3.63) is 24.3 Å². The standard InChI is InChI=1S/C14H22NO2/c1-11(16)15(5,6)12-7-9-13(10-8-12)17-14(2,3)4/h7-10H,1-6H3/q+1. The van der Waals surface area contributed by atoms with E-state index in [2.05, 4.69) is 0 Å². The van der Waals surface area contributed by atoms with Crippen LogP contribution in [0.25, 0.3) is 0 Å². The number of hydrogen-bond acceptors (Lipinski definition) is 2. The summed E-state index contributed by atoms with van der Waals surface area (Å²) >= 11 is 0. The van der Waals surface area contributed by atoms with Gasteiger partial charge in [0.05, 0.1) is 21.0 Å². The molecule has 94 valence electrons. The van der Waals surface area contributed by atoms with Gasteiger partial charge in [0.1, 0.15) is 17.0 Å². The third kappa shape index (κ3) is 3.56. The maximum atomic E-state index is 11.5. The van der Waals surface area contributed by atoms with Crippen molar-refractivity contribution in [2.45, 2.75) is 33.3 Å². The molecule has 0 aliphatic heterocycles. The van der Waals surface area contributed by atoms with Gasteiger partial charge >= 0.3 is 5.91 Å². The van der Waals surface area contributed by atoms with Crippen LogP contribution in [0.4, 0.5) is 5.69 Å². The van der Waals surface area contributed by atoms with Crippen molar-refractivity contribution < 1.29 is 9.53 Å². The minimum absolute atomic E-state index is 0.106. The van der Waals surface area contributed by atoms with Crippen molar-refractivity contribution in [1.29, 1.82) is 0 Å². The van der Waals surface area contributed by atoms with E-state index < -0.39 is 0 Å². The molecule has 0 N–H and O–H groups in total. The van der Waals surface area contributed by atoms with E-state index in [1.165, 1.54) is 0 Å². The molecule has 1 rings (SSSR count). The Balaban J connectivity index is 2.93. The normalized spacial score (nSPS) is 12.4. The molecule has 3 heteroatoms. The van der Waals surface area contributed by atoms with Gasteiger partial charge in [0, 0.05) is 12.1 Å². The van der Waals surface area contributed by atoms with E-state index >= 15 is 0 Å². The predicted octanol–water partition coefficient (Wildman–Crippen LogP) is 2.98. The summed E-state index contributed by atoms with van der Waals surface area (Å²) in [4.78, 5) is 11.5. The lowest BCUT2D eigenvalue weighted by molar-refractivity contribution is -0.125. The molecule has 0 saturated heterocycles. The fourth-order valence-electron chi connectivity index (χ4n) is 1.42. The Morgan fingerprint density at radius 2 is 1.59 bits per heavy atom. The quantitative estimate of drug-likeness (QED) is 0.738. The van der Waals surface area contributed by atoms with Crippen LogP contribution in [0, 0.1) is 0 Å². The third-order valence-electron chi connectivity index (χ3n) is 2.69. The molecule has 3 nitrogen and oxygen atoms in total. The van der Waals surface area contributed by atoms with E-state index in [0.717, 1.165) is 11.4 Å². The van der Waals surface area contributed by atoms with E-state index in [0.29, 0.717) is 0 Å². The maximum absolute atomic E-state index is 11.5. The molecule has 17 heavy (non-hydrogen) atoms. The Bertz CT molecular complexity index is 399. The fraction of sp³-hybridized carbons (Fsp3) is 0.500. The zero-order chi connectivity index (χ0) is 13.3. The average Bonchev–Trinajstić information content (AvgIpc) is 2.15. The number of hydrogen-bond donors (Lipinski definition) is 0. The van der Waals surface area contributed by atoms with Gasteiger partial charge in [0.2, 0.25) is 0 Å². The van der Waals surface area contributed by atoms with E-state index in [-0.39, 0.29) is 16.0 Å². The first-order valence-electron chi connectivity index (χ1n) is 5.78. The Morgan fingerprint density at radius 1 is 1.12 bits per heavy atom. The zero-order valence-corrected chi connectivity index (χ0v) is 11.6. The monoisotopic (exact) mass is 236 g/mol. The molecule has 0 spiro atoms. The second kappa shape index (κ2) is 4.49. The van der Waals surface area contributed by atoms with Crippen LogP contribution in [0.5, 0.6) is 5.75 Å². The van der Waals surface area contributed by atoms with Gasteiger partial charge in [-0.3, -0.25) is 0 Å². The smallest absolute Gasteiger partial charge is 0.315 e. The molecule has 0 aliphatic carbocycles. The third-order valence-corrected chi connectivity index (χ3v) is 2.69. The Kier molecular flexibility index (Phi) is 3.62. The molecule has 1 amide bonds. The van der Waals surface area contributed by atoms with Crippen LogP contribution in [0.2, 0.25) is 0 Å². The molecule has 0 radical (unpaired) electrons. The van der Waals surface area contributed by atoms with Crippen molar-refractivity contribution in [2.24, 2.45) is 0 Å². The Morgan fingerprint density at radius 3 is 1.94 bits per heavy atom. The molecule has 1 aromatic rings. The minimum atomic E-state index is -0.202. The van der Waals surface area contributed by atoms with Crippen LogP contribution in [-0.4, -0.2) is 25.6 Å². The lowest BCUT2D eigenvalue weighted by atomic mass is 10.2. The highest BCUT2D eigenvalue weighted by Gasteiger charge is 2.25. The Labute approximate surface area is 104 Å². The van der Waals surface area contributed by atoms with E-state index in [9.17, 15) is 4.79 Å². The van der Waals surface area contributed by atoms with Crippen LogP contribution in [0.1, 0.15) is 27.7 Å². The first kappa shape index (κ1) is 13.7. The second-order valence-electron chi connectivity index (χ2n) is 5.68. The molecule has 0 unspecified atom stereocenters. The molecule has 0 saturated carbocycles. The zero-order valence-electron chi connectivity index (χ0n) is 11.6. The number of amides is 1. The van der Waals surface area contributed by atoms with Gasteiger partial charge in [0.25, 0.3) is 0 Å². The first-order chi connectivity index (χ1) is 7.63. The van der Waals surface area contributed by atoms with Gasteiger partial charge in [-0.1, -0.05) is 0 Å². The molecule has 1 aromatic carbocycles. The summed E-state index contributed by atoms with van der Waals surface area (Å²) in [6.45, 7) is 7.63. The van der Waals surface area contributed by atoms with Crippen LogP contribution in [0.3, 0.4) is 0 Å². The summed E-state index contributed by atoms with van der Waals surface area (Å²) in [7, 11) is 3.75. The van der Waals surface area contributed by atoms with E-state index in [4.69, 9.17) is 4.74 Å². The fourth-order valence-corrected chi connectivity index (χ4v) is 1.42. The van der Waals surface area contributed by atoms with Gasteiger partial charge in [-0.2, -0.15) is 0 Å². The van der Waals surface area contributed by atoms with Crippen LogP contribution in [-0.2, 0) is 4.79 Å². The highest BCUT2D eigenvalue weighted by Crippen LogP contribution is 2.25. The van der Waals surface area contributed by atoms with Crippen molar-refractivity contribution in [3.8, 4) is 5.75 Å². The van der Waals surface area contributed by atoms with Crippen LogP contribution >= 0.6 is 0 Å². The van der Waals surface area contributed by atoms with Crippen LogP contribution in [0.15, 0.2) is 24.3 Å². The highest BCUT2D eigenvalue weighted by atomic mass is 16.5. The molecule has 0 heterocycles. The SMILES string of the molecule is CC(=O)[N+](C)(C)c1ccc(OC(C)(C)C)cc1. The number of rotatable bonds is 2. The summed E-state index contributed by atoms with van der Waals surface area (Å²) in [6.07, 6.45) is 0. The first-order valence-corrected chi connectivity index (χ1v) is 5.78. The number of carbonyl (C=O) groups excluding carboxylic acids is 1.